The molecule has 8 heteroatoms. The maximum atomic E-state index is 3.92. The van der Waals surface area contributed by atoms with Gasteiger partial charge in [0.25, 0.3) is 0 Å². The van der Waals surface area contributed by atoms with Crippen molar-refractivity contribution in [3.05, 3.63) is 22.4 Å². The predicted molar refractivity (Wildman–Crippen MR) is 70.2 cm³/mol. The number of tetrazole rings is 1. The van der Waals surface area contributed by atoms with Gasteiger partial charge in [0.05, 0.1) is 0 Å². The highest BCUT2D eigenvalue weighted by Crippen LogP contribution is 2.13. The van der Waals surface area contributed by atoms with Crippen LogP contribution in [0.15, 0.2) is 22.7 Å². The Morgan fingerprint density at radius 1 is 1.50 bits per heavy atom. The van der Waals surface area contributed by atoms with Gasteiger partial charge in [-0.3, -0.25) is 0 Å². The molecule has 1 N–H and O–H groups in total. The summed E-state index contributed by atoms with van der Waals surface area (Å²) in [6.45, 7) is 1.99. The van der Waals surface area contributed by atoms with E-state index < -0.39 is 0 Å². The molecule has 0 saturated heterocycles. The van der Waals surface area contributed by atoms with E-state index in [1.54, 1.807) is 27.8 Å². The lowest BCUT2D eigenvalue weighted by Gasteiger charge is -2.02. The molecule has 2 rings (SSSR count). The summed E-state index contributed by atoms with van der Waals surface area (Å²) in [6, 6.07) is 4.23. The predicted octanol–water partition coefficient (Wildman–Crippen LogP) is -1.45. The fourth-order valence-electron chi connectivity index (χ4n) is 1.33. The Hall–Kier alpha value is -0.630. The highest BCUT2D eigenvalue weighted by atomic mass is 35.5. The van der Waals surface area contributed by atoms with Crippen LogP contribution in [0.25, 0.3) is 0 Å². The third-order valence-electron chi connectivity index (χ3n) is 2.19. The first-order valence-electron chi connectivity index (χ1n) is 5.44. The molecule has 0 aromatic carbocycles. The highest BCUT2D eigenvalue weighted by Gasteiger charge is 2.01. The first-order valence-corrected chi connectivity index (χ1v) is 7.31. The molecule has 2 aromatic rings. The van der Waals surface area contributed by atoms with E-state index in [9.17, 15) is 0 Å². The number of rotatable bonds is 7. The van der Waals surface area contributed by atoms with E-state index in [0.717, 1.165) is 30.4 Å². The summed E-state index contributed by atoms with van der Waals surface area (Å²) in [5, 5.41) is 17.7. The molecule has 0 saturated carbocycles. The van der Waals surface area contributed by atoms with Crippen LogP contribution < -0.4 is 17.7 Å². The van der Waals surface area contributed by atoms with Crippen molar-refractivity contribution in [2.45, 2.75) is 18.1 Å². The molecule has 0 aliphatic heterocycles. The summed E-state index contributed by atoms with van der Waals surface area (Å²) in [7, 11) is 1.86. The van der Waals surface area contributed by atoms with Crippen LogP contribution >= 0.6 is 23.1 Å². The fourth-order valence-corrected chi connectivity index (χ4v) is 2.79. The Labute approximate surface area is 121 Å². The Morgan fingerprint density at radius 3 is 3.06 bits per heavy atom. The van der Waals surface area contributed by atoms with Gasteiger partial charge in [-0.25, -0.2) is 4.68 Å². The monoisotopic (exact) mass is 304 g/mol. The number of nitrogens with zero attached hydrogens (tertiary/aromatic N) is 4. The number of aryl methyl sites for hydroxylation is 1. The summed E-state index contributed by atoms with van der Waals surface area (Å²) in [6.07, 6.45) is 1.11. The molecule has 0 amide bonds. The number of hydrogen-bond donors (Lipinski definition) is 1. The molecule has 2 heterocycles. The van der Waals surface area contributed by atoms with Crippen molar-refractivity contribution in [1.82, 2.24) is 25.5 Å². The molecular formula is C10H15ClN5S2-. The molecule has 0 unspecified atom stereocenters. The van der Waals surface area contributed by atoms with Gasteiger partial charge < -0.3 is 17.7 Å². The molecule has 0 radical (unpaired) electrons. The van der Waals surface area contributed by atoms with Gasteiger partial charge >= 0.3 is 0 Å². The van der Waals surface area contributed by atoms with Gasteiger partial charge in [-0.1, -0.05) is 17.8 Å². The first-order chi connectivity index (χ1) is 8.36. The number of aromatic nitrogens is 4. The lowest BCUT2D eigenvalue weighted by molar-refractivity contribution is -0.00000365. The zero-order valence-electron chi connectivity index (χ0n) is 10.0. The van der Waals surface area contributed by atoms with Gasteiger partial charge in [0, 0.05) is 24.2 Å². The van der Waals surface area contributed by atoms with E-state index in [4.69, 9.17) is 0 Å². The minimum Gasteiger partial charge on any atom is -1.00 e. The van der Waals surface area contributed by atoms with Crippen molar-refractivity contribution in [1.29, 1.82) is 0 Å². The van der Waals surface area contributed by atoms with Crippen molar-refractivity contribution in [2.24, 2.45) is 7.05 Å². The number of hydrogen-bond acceptors (Lipinski definition) is 6. The average molecular weight is 305 g/mol. The summed E-state index contributed by atoms with van der Waals surface area (Å²) >= 11 is 3.48. The zero-order chi connectivity index (χ0) is 11.9. The molecule has 0 bridgehead atoms. The summed E-state index contributed by atoms with van der Waals surface area (Å²) < 4.78 is 1.70. The number of thioether (sulfide) groups is 1. The standard InChI is InChI=1S/C10H15N5S2.ClH/c1-15-10(12-13-14-15)17-7-3-5-11-8-9-4-2-6-16-9;/h2,4,6,11H,3,5,7-8H2,1H3;1H/p-1. The molecule has 0 fully saturated rings. The van der Waals surface area contributed by atoms with Crippen LogP contribution in [0, 0.1) is 0 Å². The van der Waals surface area contributed by atoms with Crippen LogP contribution in [-0.4, -0.2) is 32.5 Å². The smallest absolute Gasteiger partial charge is 0.209 e. The van der Waals surface area contributed by atoms with E-state index >= 15 is 0 Å². The Bertz CT molecular complexity index is 431. The van der Waals surface area contributed by atoms with E-state index in [2.05, 4.69) is 38.4 Å². The van der Waals surface area contributed by atoms with Gasteiger partial charge in [-0.05, 0) is 34.8 Å². The largest absolute Gasteiger partial charge is 1.00 e. The fraction of sp³-hybridized carbons (Fsp3) is 0.500. The molecule has 5 nitrogen and oxygen atoms in total. The second-order valence-electron chi connectivity index (χ2n) is 3.54. The molecule has 100 valence electrons. The van der Waals surface area contributed by atoms with Crippen molar-refractivity contribution in [3.8, 4) is 0 Å². The lowest BCUT2D eigenvalue weighted by Crippen LogP contribution is -3.00. The molecule has 0 aliphatic carbocycles. The van der Waals surface area contributed by atoms with Gasteiger partial charge in [0.15, 0.2) is 0 Å². The molecule has 2 aromatic heterocycles. The molecule has 0 aliphatic rings. The molecule has 0 atom stereocenters. The van der Waals surface area contributed by atoms with E-state index in [1.807, 2.05) is 7.05 Å². The Kier molecular flexibility index (Phi) is 7.26. The molecule has 18 heavy (non-hydrogen) atoms. The topological polar surface area (TPSA) is 55.6 Å². The number of nitrogens with one attached hydrogen (secondary N) is 1. The second-order valence-corrected chi connectivity index (χ2v) is 5.64. The van der Waals surface area contributed by atoms with Crippen LogP contribution in [-0.2, 0) is 13.6 Å². The summed E-state index contributed by atoms with van der Waals surface area (Å²) in [5.74, 6) is 1.03. The molecule has 0 spiro atoms. The van der Waals surface area contributed by atoms with Crippen molar-refractivity contribution in [3.63, 3.8) is 0 Å². The van der Waals surface area contributed by atoms with E-state index in [0.29, 0.717) is 0 Å². The summed E-state index contributed by atoms with van der Waals surface area (Å²) in [4.78, 5) is 1.38. The number of thiophene rings is 1. The van der Waals surface area contributed by atoms with Crippen molar-refractivity contribution < 1.29 is 12.4 Å². The lowest BCUT2D eigenvalue weighted by atomic mass is 10.4. The van der Waals surface area contributed by atoms with Gasteiger partial charge in [0.1, 0.15) is 0 Å². The van der Waals surface area contributed by atoms with E-state index in [-0.39, 0.29) is 12.4 Å². The van der Waals surface area contributed by atoms with Crippen molar-refractivity contribution >= 4 is 23.1 Å². The van der Waals surface area contributed by atoms with E-state index in [1.165, 1.54) is 4.88 Å². The maximum absolute atomic E-state index is 3.92. The third-order valence-corrected chi connectivity index (χ3v) is 4.16. The van der Waals surface area contributed by atoms with Crippen LogP contribution in [0.5, 0.6) is 0 Å². The van der Waals surface area contributed by atoms with Gasteiger partial charge in [0.2, 0.25) is 5.16 Å². The second kappa shape index (κ2) is 8.47. The van der Waals surface area contributed by atoms with Crippen LogP contribution in [0.4, 0.5) is 0 Å². The minimum absolute atomic E-state index is 0. The quantitative estimate of drug-likeness (QED) is 0.501. The van der Waals surface area contributed by atoms with Gasteiger partial charge in [-0.2, -0.15) is 0 Å². The van der Waals surface area contributed by atoms with Crippen LogP contribution in [0.2, 0.25) is 0 Å². The molecular weight excluding hydrogens is 290 g/mol. The number of halogens is 1. The van der Waals surface area contributed by atoms with Gasteiger partial charge in [-0.15, -0.1) is 16.4 Å². The SMILES string of the molecule is Cn1nnnc1SCCCNCc1cccs1.[Cl-]. The third kappa shape index (κ3) is 4.93. The normalized spacial score (nSPS) is 10.3. The zero-order valence-corrected chi connectivity index (χ0v) is 12.4. The highest BCUT2D eigenvalue weighted by molar-refractivity contribution is 7.99. The minimum atomic E-state index is 0. The average Bonchev–Trinajstić information content (AvgIpc) is 2.95. The van der Waals surface area contributed by atoms with Crippen molar-refractivity contribution in [2.75, 3.05) is 12.3 Å². The van der Waals surface area contributed by atoms with Crippen LogP contribution in [0.3, 0.4) is 0 Å². The Morgan fingerprint density at radius 2 is 2.39 bits per heavy atom. The Balaban J connectivity index is 0.00000162. The first kappa shape index (κ1) is 15.4. The van der Waals surface area contributed by atoms with Crippen LogP contribution in [0.1, 0.15) is 11.3 Å². The maximum Gasteiger partial charge on any atom is 0.209 e. The summed E-state index contributed by atoms with van der Waals surface area (Å²) in [5.41, 5.74) is 0.